The van der Waals surface area contributed by atoms with Crippen LogP contribution in [0, 0.1) is 11.3 Å². The van der Waals surface area contributed by atoms with Crippen molar-refractivity contribution in [1.82, 2.24) is 10.6 Å². The molecular formula is C25H23N3O3S. The van der Waals surface area contributed by atoms with E-state index in [1.54, 1.807) is 24.3 Å². The van der Waals surface area contributed by atoms with Crippen molar-refractivity contribution in [1.29, 1.82) is 5.26 Å². The summed E-state index contributed by atoms with van der Waals surface area (Å²) in [5.74, 6) is 1.25. The summed E-state index contributed by atoms with van der Waals surface area (Å²) in [5, 5.41) is 13.6. The molecule has 0 bridgehead atoms. The maximum atomic E-state index is 12.7. The highest BCUT2D eigenvalue weighted by Crippen LogP contribution is 2.22. The van der Waals surface area contributed by atoms with E-state index in [4.69, 9.17) is 10.00 Å². The van der Waals surface area contributed by atoms with E-state index < -0.39 is 5.25 Å². The van der Waals surface area contributed by atoms with Crippen LogP contribution in [0.25, 0.3) is 0 Å². The van der Waals surface area contributed by atoms with Crippen LogP contribution in [-0.2, 0) is 10.5 Å². The average molecular weight is 446 g/mol. The monoisotopic (exact) mass is 445 g/mol. The van der Waals surface area contributed by atoms with Gasteiger partial charge in [-0.2, -0.15) is 5.26 Å². The Hall–Kier alpha value is -3.76. The lowest BCUT2D eigenvalue weighted by Crippen LogP contribution is -2.41. The Bertz CT molecular complexity index is 1070. The van der Waals surface area contributed by atoms with Crippen LogP contribution in [0.3, 0.4) is 0 Å². The number of amides is 2. The summed E-state index contributed by atoms with van der Waals surface area (Å²) in [6, 6.07) is 27.8. The lowest BCUT2D eigenvalue weighted by Gasteiger charge is -2.17. The first-order valence-electron chi connectivity index (χ1n) is 10.1. The number of ether oxygens (including phenoxy) is 1. The fourth-order valence-corrected chi connectivity index (χ4v) is 3.87. The Balaban J connectivity index is 1.61. The second-order valence-electron chi connectivity index (χ2n) is 6.81. The lowest BCUT2D eigenvalue weighted by molar-refractivity contribution is -0.120. The van der Waals surface area contributed by atoms with Gasteiger partial charge >= 0.3 is 0 Å². The largest absolute Gasteiger partial charge is 0.457 e. The number of nitrogens with zero attached hydrogens (tertiary/aromatic N) is 1. The molecule has 1 atom stereocenters. The SMILES string of the molecule is N#CCNC(=O)C(CNC(=O)c1cccc(Oc2ccccc2)c1)SCc1ccccc1. The average Bonchev–Trinajstić information content (AvgIpc) is 2.84. The van der Waals surface area contributed by atoms with Crippen molar-refractivity contribution in [2.24, 2.45) is 0 Å². The van der Waals surface area contributed by atoms with Crippen LogP contribution >= 0.6 is 11.8 Å². The second-order valence-corrected chi connectivity index (χ2v) is 8.01. The number of nitrogens with one attached hydrogen (secondary N) is 2. The number of carbonyl (C=O) groups is 2. The van der Waals surface area contributed by atoms with E-state index in [9.17, 15) is 9.59 Å². The first-order chi connectivity index (χ1) is 15.7. The highest BCUT2D eigenvalue weighted by atomic mass is 32.2. The minimum atomic E-state index is -0.531. The van der Waals surface area contributed by atoms with Crippen molar-refractivity contribution in [2.75, 3.05) is 13.1 Å². The fraction of sp³-hybridized carbons (Fsp3) is 0.160. The Morgan fingerprint density at radius 3 is 2.31 bits per heavy atom. The molecule has 162 valence electrons. The van der Waals surface area contributed by atoms with E-state index >= 15 is 0 Å². The fourth-order valence-electron chi connectivity index (χ4n) is 2.85. The van der Waals surface area contributed by atoms with Gasteiger partial charge in [-0.25, -0.2) is 0 Å². The molecule has 3 aromatic carbocycles. The zero-order valence-corrected chi connectivity index (χ0v) is 18.2. The summed E-state index contributed by atoms with van der Waals surface area (Å²) < 4.78 is 5.79. The predicted octanol–water partition coefficient (Wildman–Crippen LogP) is 4.15. The van der Waals surface area contributed by atoms with E-state index in [0.717, 1.165) is 5.56 Å². The number of hydrogen-bond acceptors (Lipinski definition) is 5. The molecule has 1 unspecified atom stereocenters. The van der Waals surface area contributed by atoms with Gasteiger partial charge in [0, 0.05) is 17.9 Å². The van der Waals surface area contributed by atoms with Gasteiger partial charge in [0.05, 0.1) is 6.07 Å². The molecule has 3 rings (SSSR count). The van der Waals surface area contributed by atoms with Gasteiger partial charge in [0.2, 0.25) is 5.91 Å². The van der Waals surface area contributed by atoms with Crippen LogP contribution in [-0.4, -0.2) is 30.2 Å². The minimum absolute atomic E-state index is 0.0754. The molecule has 0 saturated heterocycles. The Kier molecular flexibility index (Phi) is 8.72. The van der Waals surface area contributed by atoms with Crippen LogP contribution in [0.2, 0.25) is 0 Å². The van der Waals surface area contributed by atoms with Gasteiger partial charge in [-0.15, -0.1) is 11.8 Å². The number of nitriles is 1. The molecule has 32 heavy (non-hydrogen) atoms. The van der Waals surface area contributed by atoms with E-state index in [2.05, 4.69) is 10.6 Å². The van der Waals surface area contributed by atoms with Crippen LogP contribution in [0.5, 0.6) is 11.5 Å². The lowest BCUT2D eigenvalue weighted by atomic mass is 10.2. The second kappa shape index (κ2) is 12.2. The van der Waals surface area contributed by atoms with Crippen molar-refractivity contribution in [3.63, 3.8) is 0 Å². The zero-order valence-electron chi connectivity index (χ0n) is 17.4. The quantitative estimate of drug-likeness (QED) is 0.458. The summed E-state index contributed by atoms with van der Waals surface area (Å²) in [5.41, 5.74) is 1.51. The number of thioether (sulfide) groups is 1. The summed E-state index contributed by atoms with van der Waals surface area (Å²) in [6.45, 7) is 0.0609. The third kappa shape index (κ3) is 7.18. The molecule has 0 radical (unpaired) electrons. The molecule has 0 aliphatic rings. The summed E-state index contributed by atoms with van der Waals surface area (Å²) in [7, 11) is 0. The van der Waals surface area contributed by atoms with Crippen molar-refractivity contribution >= 4 is 23.6 Å². The van der Waals surface area contributed by atoms with Gasteiger partial charge in [-0.3, -0.25) is 9.59 Å². The normalized spacial score (nSPS) is 11.1. The molecular weight excluding hydrogens is 422 g/mol. The third-order valence-electron chi connectivity index (χ3n) is 4.45. The summed E-state index contributed by atoms with van der Waals surface area (Å²) in [6.07, 6.45) is 0. The highest BCUT2D eigenvalue weighted by Gasteiger charge is 2.20. The van der Waals surface area contributed by atoms with E-state index in [-0.39, 0.29) is 24.9 Å². The van der Waals surface area contributed by atoms with Crippen molar-refractivity contribution in [3.05, 3.63) is 96.1 Å². The first-order valence-corrected chi connectivity index (χ1v) is 11.1. The Morgan fingerprint density at radius 1 is 0.906 bits per heavy atom. The van der Waals surface area contributed by atoms with Crippen LogP contribution < -0.4 is 15.4 Å². The summed E-state index contributed by atoms with van der Waals surface area (Å²) >= 11 is 1.41. The van der Waals surface area contributed by atoms with Crippen LogP contribution in [0.4, 0.5) is 0 Å². The minimum Gasteiger partial charge on any atom is -0.457 e. The van der Waals surface area contributed by atoms with Crippen molar-refractivity contribution < 1.29 is 14.3 Å². The highest BCUT2D eigenvalue weighted by molar-refractivity contribution is 7.99. The van der Waals surface area contributed by atoms with Gasteiger partial charge in [-0.1, -0.05) is 54.6 Å². The molecule has 7 heteroatoms. The molecule has 0 aromatic heterocycles. The third-order valence-corrected chi connectivity index (χ3v) is 5.73. The molecule has 2 amide bonds. The number of para-hydroxylation sites is 1. The number of hydrogen-bond donors (Lipinski definition) is 2. The van der Waals surface area contributed by atoms with Crippen molar-refractivity contribution in [3.8, 4) is 17.6 Å². The van der Waals surface area contributed by atoms with Gasteiger partial charge in [-0.05, 0) is 35.9 Å². The van der Waals surface area contributed by atoms with E-state index in [1.807, 2.05) is 66.7 Å². The molecule has 6 nitrogen and oxygen atoms in total. The number of benzene rings is 3. The molecule has 0 aliphatic carbocycles. The molecule has 2 N–H and O–H groups in total. The standard InChI is InChI=1S/C25H23N3O3S/c26-14-15-27-25(30)23(32-18-19-8-3-1-4-9-19)17-28-24(29)20-10-7-13-22(16-20)31-21-11-5-2-6-12-21/h1-13,16,23H,15,17-18H2,(H,27,30)(H,28,29). The van der Waals surface area contributed by atoms with Gasteiger partial charge in [0.25, 0.3) is 5.91 Å². The van der Waals surface area contributed by atoms with E-state index in [1.165, 1.54) is 11.8 Å². The van der Waals surface area contributed by atoms with Gasteiger partial charge < -0.3 is 15.4 Å². The van der Waals surface area contributed by atoms with Crippen LogP contribution in [0.1, 0.15) is 15.9 Å². The summed E-state index contributed by atoms with van der Waals surface area (Å²) in [4.78, 5) is 25.2. The molecule has 0 spiro atoms. The van der Waals surface area contributed by atoms with Gasteiger partial charge in [0.1, 0.15) is 23.3 Å². The van der Waals surface area contributed by atoms with Crippen molar-refractivity contribution in [2.45, 2.75) is 11.0 Å². The Labute approximate surface area is 191 Å². The maximum Gasteiger partial charge on any atom is 0.251 e. The number of carbonyl (C=O) groups excluding carboxylic acids is 2. The maximum absolute atomic E-state index is 12.7. The topological polar surface area (TPSA) is 91.2 Å². The molecule has 0 saturated carbocycles. The smallest absolute Gasteiger partial charge is 0.251 e. The predicted molar refractivity (Wildman–Crippen MR) is 125 cm³/mol. The molecule has 0 heterocycles. The number of rotatable bonds is 10. The van der Waals surface area contributed by atoms with Gasteiger partial charge in [0.15, 0.2) is 0 Å². The molecule has 0 fully saturated rings. The zero-order chi connectivity index (χ0) is 22.6. The first kappa shape index (κ1) is 22.9. The van der Waals surface area contributed by atoms with Crippen LogP contribution in [0.15, 0.2) is 84.9 Å². The molecule has 0 aliphatic heterocycles. The van der Waals surface area contributed by atoms with E-state index in [0.29, 0.717) is 22.8 Å². The molecule has 3 aromatic rings. The Morgan fingerprint density at radius 2 is 1.59 bits per heavy atom.